The first-order valence-electron chi connectivity index (χ1n) is 11.4. The number of unbranched alkanes of at least 4 members (excludes halogenated alkanes) is 1. The molecular formula is C27H27ClN2O5. The molecule has 3 aromatic rings. The monoisotopic (exact) mass is 494 g/mol. The van der Waals surface area contributed by atoms with Gasteiger partial charge < -0.3 is 24.4 Å². The van der Waals surface area contributed by atoms with E-state index in [0.29, 0.717) is 41.0 Å². The minimum Gasteiger partial charge on any atom is -0.494 e. The van der Waals surface area contributed by atoms with Gasteiger partial charge in [-0.3, -0.25) is 9.59 Å². The Labute approximate surface area is 209 Å². The molecule has 0 aliphatic carbocycles. The lowest BCUT2D eigenvalue weighted by Gasteiger charge is -2.30. The van der Waals surface area contributed by atoms with Crippen LogP contribution in [0.4, 0.5) is 11.4 Å². The van der Waals surface area contributed by atoms with Crippen molar-refractivity contribution in [2.45, 2.75) is 19.8 Å². The number of anilines is 2. The molecule has 1 aliphatic rings. The lowest BCUT2D eigenvalue weighted by molar-refractivity contribution is -0.121. The smallest absolute Gasteiger partial charge is 0.265 e. The molecule has 0 atom stereocenters. The van der Waals surface area contributed by atoms with E-state index in [-0.39, 0.29) is 25.0 Å². The minimum absolute atomic E-state index is 0.00652. The number of hydrogen-bond donors (Lipinski definition) is 1. The molecule has 182 valence electrons. The maximum atomic E-state index is 12.5. The number of carbonyl (C=O) groups is 2. The number of carbonyl (C=O) groups excluding carboxylic acids is 2. The maximum absolute atomic E-state index is 12.5. The zero-order valence-electron chi connectivity index (χ0n) is 19.5. The third kappa shape index (κ3) is 6.90. The molecule has 7 nitrogen and oxygen atoms in total. The lowest BCUT2D eigenvalue weighted by atomic mass is 10.2. The summed E-state index contributed by atoms with van der Waals surface area (Å²) in [7, 11) is 0. The Balaban J connectivity index is 1.30. The van der Waals surface area contributed by atoms with Gasteiger partial charge in [-0.25, -0.2) is 0 Å². The Morgan fingerprint density at radius 3 is 2.66 bits per heavy atom. The van der Waals surface area contributed by atoms with Gasteiger partial charge in [0, 0.05) is 17.3 Å². The number of hydrogen-bond acceptors (Lipinski definition) is 5. The number of amides is 2. The molecule has 35 heavy (non-hydrogen) atoms. The number of fused-ring (bicyclic) bond motifs is 1. The van der Waals surface area contributed by atoms with Crippen LogP contribution in [0, 0.1) is 6.92 Å². The maximum Gasteiger partial charge on any atom is 0.265 e. The van der Waals surface area contributed by atoms with Crippen LogP contribution in [0.15, 0.2) is 66.7 Å². The van der Waals surface area contributed by atoms with Crippen molar-refractivity contribution < 1.29 is 23.8 Å². The molecule has 1 aliphatic heterocycles. The summed E-state index contributed by atoms with van der Waals surface area (Å²) in [6.45, 7) is 2.96. The van der Waals surface area contributed by atoms with E-state index in [1.54, 1.807) is 47.4 Å². The van der Waals surface area contributed by atoms with E-state index in [4.69, 9.17) is 25.8 Å². The topological polar surface area (TPSA) is 77.1 Å². The third-order valence-electron chi connectivity index (χ3n) is 5.40. The summed E-state index contributed by atoms with van der Waals surface area (Å²) in [5.41, 5.74) is 2.34. The zero-order valence-corrected chi connectivity index (χ0v) is 20.2. The fourth-order valence-electron chi connectivity index (χ4n) is 3.67. The molecule has 0 spiro atoms. The fourth-order valence-corrected chi connectivity index (χ4v) is 3.79. The molecule has 0 bridgehead atoms. The van der Waals surface area contributed by atoms with Crippen LogP contribution in [0.25, 0.3) is 0 Å². The molecule has 0 radical (unpaired) electrons. The van der Waals surface area contributed by atoms with E-state index in [2.05, 4.69) is 5.32 Å². The summed E-state index contributed by atoms with van der Waals surface area (Å²) in [6.07, 6.45) is 1.56. The van der Waals surface area contributed by atoms with Crippen molar-refractivity contribution in [3.8, 4) is 17.2 Å². The average Bonchev–Trinajstić information content (AvgIpc) is 2.85. The van der Waals surface area contributed by atoms with Crippen LogP contribution in [0.2, 0.25) is 5.02 Å². The first-order chi connectivity index (χ1) is 17.0. The van der Waals surface area contributed by atoms with E-state index >= 15 is 0 Å². The van der Waals surface area contributed by atoms with Crippen LogP contribution in [0.5, 0.6) is 17.2 Å². The fraction of sp³-hybridized carbons (Fsp3) is 0.259. The SMILES string of the molecule is Cc1cccc(OCCCCN2C(=O)COc3ccc(NC(=O)COc4ccc(Cl)cc4)cc32)c1. The van der Waals surface area contributed by atoms with Crippen molar-refractivity contribution in [3.63, 3.8) is 0 Å². The standard InChI is InChI=1S/C27H27ClN2O5/c1-19-5-4-6-23(15-19)33-14-3-2-13-30-24-16-21(9-12-25(24)35-18-27(30)32)29-26(31)17-34-22-10-7-20(28)8-11-22/h4-12,15-16H,2-3,13-14,17-18H2,1H3,(H,29,31). The minimum atomic E-state index is -0.317. The summed E-state index contributed by atoms with van der Waals surface area (Å²) in [5.74, 6) is 1.57. The van der Waals surface area contributed by atoms with E-state index in [1.165, 1.54) is 0 Å². The zero-order chi connectivity index (χ0) is 24.6. The molecule has 0 unspecified atom stereocenters. The highest BCUT2D eigenvalue weighted by molar-refractivity contribution is 6.30. The van der Waals surface area contributed by atoms with Gasteiger partial charge in [0.05, 0.1) is 12.3 Å². The van der Waals surface area contributed by atoms with Gasteiger partial charge in [0.2, 0.25) is 0 Å². The second kappa shape index (κ2) is 11.6. The van der Waals surface area contributed by atoms with Crippen LogP contribution in [0.3, 0.4) is 0 Å². The number of aryl methyl sites for hydroxylation is 1. The molecule has 0 aromatic heterocycles. The Morgan fingerprint density at radius 2 is 1.86 bits per heavy atom. The van der Waals surface area contributed by atoms with Gasteiger partial charge >= 0.3 is 0 Å². The summed E-state index contributed by atoms with van der Waals surface area (Å²) in [4.78, 5) is 26.6. The molecular weight excluding hydrogens is 468 g/mol. The highest BCUT2D eigenvalue weighted by atomic mass is 35.5. The Morgan fingerprint density at radius 1 is 1.03 bits per heavy atom. The summed E-state index contributed by atoms with van der Waals surface area (Å²) in [5, 5.41) is 3.40. The molecule has 1 heterocycles. The summed E-state index contributed by atoms with van der Waals surface area (Å²) in [6, 6.07) is 19.9. The Bertz CT molecular complexity index is 1180. The number of ether oxygens (including phenoxy) is 3. The van der Waals surface area contributed by atoms with Gasteiger partial charge in [-0.05, 0) is 79.9 Å². The van der Waals surface area contributed by atoms with E-state index in [9.17, 15) is 9.59 Å². The quantitative estimate of drug-likeness (QED) is 0.389. The molecule has 4 rings (SSSR count). The number of nitrogens with zero attached hydrogens (tertiary/aromatic N) is 1. The van der Waals surface area contributed by atoms with Gasteiger partial charge in [0.15, 0.2) is 13.2 Å². The first kappa shape index (κ1) is 24.4. The predicted octanol–water partition coefficient (Wildman–Crippen LogP) is 5.25. The number of benzene rings is 3. The van der Waals surface area contributed by atoms with Gasteiger partial charge in [0.1, 0.15) is 17.2 Å². The number of nitrogens with one attached hydrogen (secondary N) is 1. The van der Waals surface area contributed by atoms with Crippen molar-refractivity contribution in [1.82, 2.24) is 0 Å². The number of rotatable bonds is 10. The van der Waals surface area contributed by atoms with Crippen LogP contribution in [-0.4, -0.2) is 38.2 Å². The molecule has 0 saturated carbocycles. The second-order valence-electron chi connectivity index (χ2n) is 8.18. The second-order valence-corrected chi connectivity index (χ2v) is 8.62. The largest absolute Gasteiger partial charge is 0.494 e. The van der Waals surface area contributed by atoms with Crippen molar-refractivity contribution in [3.05, 3.63) is 77.3 Å². The molecule has 0 fully saturated rings. The van der Waals surface area contributed by atoms with Crippen molar-refractivity contribution in [2.24, 2.45) is 0 Å². The molecule has 0 saturated heterocycles. The van der Waals surface area contributed by atoms with Gasteiger partial charge in [0.25, 0.3) is 11.8 Å². The van der Waals surface area contributed by atoms with E-state index in [1.807, 2.05) is 31.2 Å². The van der Waals surface area contributed by atoms with E-state index in [0.717, 1.165) is 24.2 Å². The number of halogens is 1. The van der Waals surface area contributed by atoms with Gasteiger partial charge in [-0.2, -0.15) is 0 Å². The molecule has 2 amide bonds. The Kier molecular flexibility index (Phi) is 8.11. The highest BCUT2D eigenvalue weighted by Gasteiger charge is 2.25. The predicted molar refractivity (Wildman–Crippen MR) is 136 cm³/mol. The average molecular weight is 495 g/mol. The van der Waals surface area contributed by atoms with Crippen molar-refractivity contribution in [1.29, 1.82) is 0 Å². The van der Waals surface area contributed by atoms with Crippen LogP contribution >= 0.6 is 11.6 Å². The third-order valence-corrected chi connectivity index (χ3v) is 5.66. The molecule has 8 heteroatoms. The van der Waals surface area contributed by atoms with Crippen molar-refractivity contribution >= 4 is 34.8 Å². The molecule has 3 aromatic carbocycles. The van der Waals surface area contributed by atoms with Crippen LogP contribution in [-0.2, 0) is 9.59 Å². The summed E-state index contributed by atoms with van der Waals surface area (Å²) >= 11 is 5.86. The van der Waals surface area contributed by atoms with Crippen LogP contribution in [0.1, 0.15) is 18.4 Å². The van der Waals surface area contributed by atoms with E-state index < -0.39 is 0 Å². The first-order valence-corrected chi connectivity index (χ1v) is 11.8. The normalized spacial score (nSPS) is 12.5. The lowest BCUT2D eigenvalue weighted by Crippen LogP contribution is -2.39. The molecule has 1 N–H and O–H groups in total. The Hall–Kier alpha value is -3.71. The summed E-state index contributed by atoms with van der Waals surface area (Å²) < 4.78 is 16.9. The van der Waals surface area contributed by atoms with Crippen LogP contribution < -0.4 is 24.4 Å². The van der Waals surface area contributed by atoms with Gasteiger partial charge in [-0.1, -0.05) is 23.7 Å². The van der Waals surface area contributed by atoms with Crippen molar-refractivity contribution in [2.75, 3.05) is 36.6 Å². The highest BCUT2D eigenvalue weighted by Crippen LogP contribution is 2.34. The van der Waals surface area contributed by atoms with Gasteiger partial charge in [-0.15, -0.1) is 0 Å².